The van der Waals surface area contributed by atoms with Gasteiger partial charge in [0.2, 0.25) is 0 Å². The predicted octanol–water partition coefficient (Wildman–Crippen LogP) is 1.07. The fourth-order valence-electron chi connectivity index (χ4n) is 2.63. The molecule has 0 aliphatic carbocycles. The Bertz CT molecular complexity index is 708. The van der Waals surface area contributed by atoms with E-state index in [1.807, 2.05) is 24.3 Å². The van der Waals surface area contributed by atoms with Crippen LogP contribution in [0.1, 0.15) is 21.6 Å². The van der Waals surface area contributed by atoms with Gasteiger partial charge in [0, 0.05) is 26.2 Å². The quantitative estimate of drug-likeness (QED) is 0.895. The van der Waals surface area contributed by atoms with Crippen molar-refractivity contribution in [2.24, 2.45) is 7.05 Å². The molecular formula is C15H15N3O3. The third kappa shape index (κ3) is 2.40. The van der Waals surface area contributed by atoms with Gasteiger partial charge in [0.25, 0.3) is 5.91 Å². The maximum Gasteiger partial charge on any atom is 0.326 e. The smallest absolute Gasteiger partial charge is 0.326 e. The highest BCUT2D eigenvalue weighted by atomic mass is 16.4. The van der Waals surface area contributed by atoms with E-state index in [9.17, 15) is 14.7 Å². The molecule has 0 fully saturated rings. The fraction of sp³-hybridized carbons (Fsp3) is 0.267. The molecule has 2 aromatic rings. The van der Waals surface area contributed by atoms with Crippen molar-refractivity contribution in [3.8, 4) is 0 Å². The molecule has 6 heteroatoms. The highest BCUT2D eigenvalue weighted by Crippen LogP contribution is 2.24. The van der Waals surface area contributed by atoms with Gasteiger partial charge in [-0.15, -0.1) is 0 Å². The summed E-state index contributed by atoms with van der Waals surface area (Å²) in [5.41, 5.74) is 2.23. The summed E-state index contributed by atoms with van der Waals surface area (Å²) >= 11 is 0. The number of aryl methyl sites for hydroxylation is 1. The van der Waals surface area contributed by atoms with E-state index >= 15 is 0 Å². The number of benzene rings is 1. The molecule has 108 valence electrons. The summed E-state index contributed by atoms with van der Waals surface area (Å²) in [6.45, 7) is 0.294. The second-order valence-electron chi connectivity index (χ2n) is 5.18. The van der Waals surface area contributed by atoms with Crippen molar-refractivity contribution in [1.29, 1.82) is 0 Å². The molecule has 1 N–H and O–H groups in total. The second-order valence-corrected chi connectivity index (χ2v) is 5.18. The Balaban J connectivity index is 1.96. The van der Waals surface area contributed by atoms with Crippen LogP contribution in [0.2, 0.25) is 0 Å². The van der Waals surface area contributed by atoms with Gasteiger partial charge in [-0.3, -0.25) is 4.79 Å². The van der Waals surface area contributed by atoms with Crippen molar-refractivity contribution in [1.82, 2.24) is 14.5 Å². The maximum absolute atomic E-state index is 12.5. The van der Waals surface area contributed by atoms with Gasteiger partial charge in [-0.2, -0.15) is 0 Å². The summed E-state index contributed by atoms with van der Waals surface area (Å²) in [6, 6.07) is 6.76. The normalized spacial score (nSPS) is 17.4. The van der Waals surface area contributed by atoms with Crippen LogP contribution in [0.25, 0.3) is 0 Å². The number of aromatic nitrogens is 2. The van der Waals surface area contributed by atoms with Crippen LogP contribution in [0.15, 0.2) is 36.8 Å². The number of imidazole rings is 1. The van der Waals surface area contributed by atoms with E-state index in [1.165, 1.54) is 11.2 Å². The van der Waals surface area contributed by atoms with Crippen LogP contribution in [-0.2, 0) is 24.8 Å². The minimum atomic E-state index is -0.992. The van der Waals surface area contributed by atoms with Crippen molar-refractivity contribution >= 4 is 11.9 Å². The van der Waals surface area contributed by atoms with Gasteiger partial charge >= 0.3 is 5.97 Å². The number of carbonyl (C=O) groups is 2. The number of rotatable bonds is 2. The van der Waals surface area contributed by atoms with Gasteiger partial charge in [-0.25, -0.2) is 9.78 Å². The Hall–Kier alpha value is -2.63. The molecule has 1 aromatic heterocycles. The maximum atomic E-state index is 12.5. The first-order valence-electron chi connectivity index (χ1n) is 6.65. The lowest BCUT2D eigenvalue weighted by atomic mass is 9.94. The third-order valence-corrected chi connectivity index (χ3v) is 3.72. The molecule has 1 aliphatic rings. The predicted molar refractivity (Wildman–Crippen MR) is 74.7 cm³/mol. The SMILES string of the molecule is Cn1cnc(C(=O)N2Cc3ccccc3CC2C(=O)O)c1. The number of hydrogen-bond donors (Lipinski definition) is 1. The number of hydrogen-bond acceptors (Lipinski definition) is 3. The lowest BCUT2D eigenvalue weighted by Gasteiger charge is -2.34. The van der Waals surface area contributed by atoms with Gasteiger partial charge in [0.15, 0.2) is 0 Å². The van der Waals surface area contributed by atoms with E-state index in [0.29, 0.717) is 13.0 Å². The molecule has 1 unspecified atom stereocenters. The van der Waals surface area contributed by atoms with Gasteiger partial charge in [0.05, 0.1) is 6.33 Å². The first-order chi connectivity index (χ1) is 10.1. The average Bonchev–Trinajstić information content (AvgIpc) is 2.91. The molecule has 1 amide bonds. The molecule has 2 heterocycles. The lowest BCUT2D eigenvalue weighted by molar-refractivity contribution is -0.142. The number of carboxylic acids is 1. The highest BCUT2D eigenvalue weighted by molar-refractivity contribution is 5.95. The molecular weight excluding hydrogens is 270 g/mol. The Morgan fingerprint density at radius 1 is 1.29 bits per heavy atom. The van der Waals surface area contributed by atoms with E-state index in [4.69, 9.17) is 0 Å². The largest absolute Gasteiger partial charge is 0.480 e. The number of fused-ring (bicyclic) bond motifs is 1. The van der Waals surface area contributed by atoms with Crippen LogP contribution in [0.5, 0.6) is 0 Å². The number of carboxylic acid groups (broad SMARTS) is 1. The van der Waals surface area contributed by atoms with E-state index in [-0.39, 0.29) is 11.6 Å². The van der Waals surface area contributed by atoms with Crippen molar-refractivity contribution in [3.63, 3.8) is 0 Å². The third-order valence-electron chi connectivity index (χ3n) is 3.72. The molecule has 1 aliphatic heterocycles. The Labute approximate surface area is 121 Å². The van der Waals surface area contributed by atoms with Crippen LogP contribution in [-0.4, -0.2) is 37.5 Å². The minimum absolute atomic E-state index is 0.267. The monoisotopic (exact) mass is 285 g/mol. The molecule has 6 nitrogen and oxygen atoms in total. The number of nitrogens with zero attached hydrogens (tertiary/aromatic N) is 3. The molecule has 0 saturated heterocycles. The van der Waals surface area contributed by atoms with Gasteiger partial charge < -0.3 is 14.6 Å². The Morgan fingerprint density at radius 2 is 2.00 bits per heavy atom. The zero-order chi connectivity index (χ0) is 15.0. The Morgan fingerprint density at radius 3 is 2.62 bits per heavy atom. The molecule has 0 radical (unpaired) electrons. The van der Waals surface area contributed by atoms with Crippen LogP contribution in [0.3, 0.4) is 0 Å². The van der Waals surface area contributed by atoms with Gasteiger partial charge in [-0.05, 0) is 11.1 Å². The summed E-state index contributed by atoms with van der Waals surface area (Å²) in [5, 5.41) is 9.42. The van der Waals surface area contributed by atoms with Crippen LogP contribution >= 0.6 is 0 Å². The summed E-state index contributed by atoms with van der Waals surface area (Å²) in [7, 11) is 1.77. The fourth-order valence-corrected chi connectivity index (χ4v) is 2.63. The molecule has 3 rings (SSSR count). The summed E-state index contributed by atoms with van der Waals surface area (Å²) in [6.07, 6.45) is 3.45. The van der Waals surface area contributed by atoms with Crippen LogP contribution in [0, 0.1) is 0 Å². The molecule has 21 heavy (non-hydrogen) atoms. The van der Waals surface area contributed by atoms with E-state index < -0.39 is 12.0 Å². The molecule has 0 spiro atoms. The van der Waals surface area contributed by atoms with Crippen molar-refractivity contribution < 1.29 is 14.7 Å². The lowest BCUT2D eigenvalue weighted by Crippen LogP contribution is -2.48. The highest BCUT2D eigenvalue weighted by Gasteiger charge is 2.35. The first kappa shape index (κ1) is 13.4. The molecule has 1 aromatic carbocycles. The van der Waals surface area contributed by atoms with Crippen molar-refractivity contribution in [3.05, 3.63) is 53.6 Å². The van der Waals surface area contributed by atoms with Crippen LogP contribution in [0.4, 0.5) is 0 Å². The zero-order valence-electron chi connectivity index (χ0n) is 11.6. The van der Waals surface area contributed by atoms with Crippen molar-refractivity contribution in [2.75, 3.05) is 0 Å². The van der Waals surface area contributed by atoms with E-state index in [0.717, 1.165) is 11.1 Å². The molecule has 0 bridgehead atoms. The minimum Gasteiger partial charge on any atom is -0.480 e. The standard InChI is InChI=1S/C15H15N3O3/c1-17-8-12(16-9-17)14(19)18-7-11-5-3-2-4-10(11)6-13(18)15(20)21/h2-5,8-9,13H,6-7H2,1H3,(H,20,21). The Kier molecular flexibility index (Phi) is 3.21. The van der Waals surface area contributed by atoms with E-state index in [1.54, 1.807) is 17.8 Å². The van der Waals surface area contributed by atoms with Gasteiger partial charge in [-0.1, -0.05) is 24.3 Å². The molecule has 1 atom stereocenters. The molecule has 0 saturated carbocycles. The van der Waals surface area contributed by atoms with Gasteiger partial charge in [0.1, 0.15) is 11.7 Å². The van der Waals surface area contributed by atoms with Crippen LogP contribution < -0.4 is 0 Å². The topological polar surface area (TPSA) is 75.4 Å². The zero-order valence-corrected chi connectivity index (χ0v) is 11.6. The second kappa shape index (κ2) is 5.05. The summed E-state index contributed by atoms with van der Waals surface area (Å²) in [5.74, 6) is -1.34. The number of aliphatic carboxylic acids is 1. The number of carbonyl (C=O) groups excluding carboxylic acids is 1. The summed E-state index contributed by atoms with van der Waals surface area (Å²) < 4.78 is 1.67. The van der Waals surface area contributed by atoms with E-state index in [2.05, 4.69) is 4.98 Å². The average molecular weight is 285 g/mol. The number of amides is 1. The first-order valence-corrected chi connectivity index (χ1v) is 6.65. The summed E-state index contributed by atoms with van der Waals surface area (Å²) in [4.78, 5) is 29.4. The van der Waals surface area contributed by atoms with Crippen molar-refractivity contribution in [2.45, 2.75) is 19.0 Å².